The quantitative estimate of drug-likeness (QED) is 0.548. The van der Waals surface area contributed by atoms with E-state index in [1.54, 1.807) is 0 Å². The first-order chi connectivity index (χ1) is 5.68. The SMILES string of the molecule is CC(C)(C)CC(C)(CN)CC(N)Cl. The maximum atomic E-state index is 5.79. The Hall–Kier alpha value is 0.210. The monoisotopic (exact) mass is 206 g/mol. The Morgan fingerprint density at radius 2 is 1.69 bits per heavy atom. The molecule has 0 aliphatic heterocycles. The zero-order valence-electron chi connectivity index (χ0n) is 9.23. The van der Waals surface area contributed by atoms with Crippen LogP contribution in [0.15, 0.2) is 0 Å². The summed E-state index contributed by atoms with van der Waals surface area (Å²) in [5.74, 6) is 0. The average molecular weight is 207 g/mol. The molecule has 2 atom stereocenters. The van der Waals surface area contributed by atoms with Gasteiger partial charge in [0.25, 0.3) is 0 Å². The van der Waals surface area contributed by atoms with Gasteiger partial charge in [0.1, 0.15) is 0 Å². The molecule has 0 heterocycles. The summed E-state index contributed by atoms with van der Waals surface area (Å²) < 4.78 is 0. The normalized spacial score (nSPS) is 19.6. The van der Waals surface area contributed by atoms with Gasteiger partial charge in [0.15, 0.2) is 0 Å². The lowest BCUT2D eigenvalue weighted by Gasteiger charge is -2.35. The molecule has 0 aromatic rings. The molecule has 3 heteroatoms. The third kappa shape index (κ3) is 6.30. The fourth-order valence-electron chi connectivity index (χ4n) is 1.98. The predicted octanol–water partition coefficient (Wildman–Crippen LogP) is 2.30. The Morgan fingerprint density at radius 1 is 1.23 bits per heavy atom. The van der Waals surface area contributed by atoms with Crippen LogP contribution in [-0.2, 0) is 0 Å². The van der Waals surface area contributed by atoms with Crippen LogP contribution >= 0.6 is 11.6 Å². The lowest BCUT2D eigenvalue weighted by molar-refractivity contribution is 0.184. The highest BCUT2D eigenvalue weighted by Gasteiger charge is 2.29. The molecule has 0 spiro atoms. The van der Waals surface area contributed by atoms with E-state index in [0.29, 0.717) is 6.54 Å². The fraction of sp³-hybridized carbons (Fsp3) is 1.00. The molecule has 0 aliphatic carbocycles. The standard InChI is InChI=1S/C10H23ClN2/c1-9(2,3)6-10(4,7-12)5-8(11)13/h8H,5-7,12-13H2,1-4H3. The molecule has 0 aromatic carbocycles. The molecule has 0 radical (unpaired) electrons. The Morgan fingerprint density at radius 3 is 1.92 bits per heavy atom. The third-order valence-corrected chi connectivity index (χ3v) is 2.29. The molecule has 0 fully saturated rings. The van der Waals surface area contributed by atoms with E-state index in [1.807, 2.05) is 0 Å². The molecule has 0 saturated carbocycles. The van der Waals surface area contributed by atoms with Crippen LogP contribution in [0.25, 0.3) is 0 Å². The second-order valence-corrected chi connectivity index (χ2v) is 6.03. The molecule has 2 nitrogen and oxygen atoms in total. The van der Waals surface area contributed by atoms with Crippen LogP contribution in [0.1, 0.15) is 40.5 Å². The highest BCUT2D eigenvalue weighted by atomic mass is 35.5. The first kappa shape index (κ1) is 13.2. The average Bonchev–Trinajstić information content (AvgIpc) is 1.81. The largest absolute Gasteiger partial charge is 0.330 e. The van der Waals surface area contributed by atoms with Crippen LogP contribution in [-0.4, -0.2) is 12.0 Å². The Balaban J connectivity index is 4.28. The van der Waals surface area contributed by atoms with E-state index < -0.39 is 0 Å². The van der Waals surface area contributed by atoms with Crippen molar-refractivity contribution < 1.29 is 0 Å². The van der Waals surface area contributed by atoms with Crippen LogP contribution in [0.3, 0.4) is 0 Å². The smallest absolute Gasteiger partial charge is 0.0806 e. The molecule has 13 heavy (non-hydrogen) atoms. The summed E-state index contributed by atoms with van der Waals surface area (Å²) >= 11 is 5.79. The second-order valence-electron chi connectivity index (χ2n) is 5.47. The molecule has 2 unspecified atom stereocenters. The van der Waals surface area contributed by atoms with Gasteiger partial charge in [-0.15, -0.1) is 11.6 Å². The van der Waals surface area contributed by atoms with Crippen LogP contribution in [0.5, 0.6) is 0 Å². The van der Waals surface area contributed by atoms with E-state index in [-0.39, 0.29) is 16.3 Å². The van der Waals surface area contributed by atoms with Crippen molar-refractivity contribution in [2.24, 2.45) is 22.3 Å². The number of hydrogen-bond donors (Lipinski definition) is 2. The van der Waals surface area contributed by atoms with Crippen molar-refractivity contribution in [1.82, 2.24) is 0 Å². The maximum Gasteiger partial charge on any atom is 0.0806 e. The molecule has 0 rings (SSSR count). The molecule has 80 valence electrons. The number of rotatable bonds is 4. The van der Waals surface area contributed by atoms with Crippen molar-refractivity contribution in [3.63, 3.8) is 0 Å². The summed E-state index contributed by atoms with van der Waals surface area (Å²) in [6.07, 6.45) is 1.83. The van der Waals surface area contributed by atoms with Crippen molar-refractivity contribution in [2.75, 3.05) is 6.54 Å². The highest BCUT2D eigenvalue weighted by molar-refractivity contribution is 6.20. The van der Waals surface area contributed by atoms with Gasteiger partial charge in [0.05, 0.1) is 5.50 Å². The maximum absolute atomic E-state index is 5.79. The third-order valence-electron chi connectivity index (χ3n) is 2.14. The molecule has 0 aromatic heterocycles. The van der Waals surface area contributed by atoms with Crippen molar-refractivity contribution in [3.05, 3.63) is 0 Å². The van der Waals surface area contributed by atoms with E-state index in [2.05, 4.69) is 27.7 Å². The van der Waals surface area contributed by atoms with Gasteiger partial charge in [-0.3, -0.25) is 0 Å². The summed E-state index contributed by atoms with van der Waals surface area (Å²) in [5.41, 5.74) is 11.4. The van der Waals surface area contributed by atoms with E-state index >= 15 is 0 Å². The summed E-state index contributed by atoms with van der Waals surface area (Å²) in [5, 5.41) is 0. The second kappa shape index (κ2) is 4.63. The van der Waals surface area contributed by atoms with Gasteiger partial charge in [-0.25, -0.2) is 0 Å². The molecule has 0 amide bonds. The van der Waals surface area contributed by atoms with Gasteiger partial charge < -0.3 is 11.5 Å². The fourth-order valence-corrected chi connectivity index (χ4v) is 2.35. The Kier molecular flexibility index (Phi) is 4.70. The lowest BCUT2D eigenvalue weighted by Crippen LogP contribution is -2.36. The van der Waals surface area contributed by atoms with Gasteiger partial charge in [-0.1, -0.05) is 27.7 Å². The predicted molar refractivity (Wildman–Crippen MR) is 59.7 cm³/mol. The van der Waals surface area contributed by atoms with Crippen molar-refractivity contribution in [2.45, 2.75) is 46.0 Å². The summed E-state index contributed by atoms with van der Waals surface area (Å²) in [4.78, 5) is 0. The van der Waals surface area contributed by atoms with Gasteiger partial charge in [-0.2, -0.15) is 0 Å². The van der Waals surface area contributed by atoms with Gasteiger partial charge in [-0.05, 0) is 30.2 Å². The Bertz CT molecular complexity index is 151. The van der Waals surface area contributed by atoms with Crippen LogP contribution in [0.2, 0.25) is 0 Å². The van der Waals surface area contributed by atoms with E-state index in [1.165, 1.54) is 0 Å². The van der Waals surface area contributed by atoms with Gasteiger partial charge in [0, 0.05) is 0 Å². The van der Waals surface area contributed by atoms with Gasteiger partial charge in [0.2, 0.25) is 0 Å². The summed E-state index contributed by atoms with van der Waals surface area (Å²) in [7, 11) is 0. The minimum atomic E-state index is -0.282. The van der Waals surface area contributed by atoms with Gasteiger partial charge >= 0.3 is 0 Å². The first-order valence-corrected chi connectivity index (χ1v) is 5.22. The van der Waals surface area contributed by atoms with E-state index in [9.17, 15) is 0 Å². The minimum Gasteiger partial charge on any atom is -0.330 e. The number of hydrogen-bond acceptors (Lipinski definition) is 2. The van der Waals surface area contributed by atoms with E-state index in [0.717, 1.165) is 12.8 Å². The van der Waals surface area contributed by atoms with Crippen molar-refractivity contribution >= 4 is 11.6 Å². The Labute approximate surface area is 87.0 Å². The zero-order chi connectivity index (χ0) is 10.7. The number of halogens is 1. The van der Waals surface area contributed by atoms with Crippen LogP contribution < -0.4 is 11.5 Å². The first-order valence-electron chi connectivity index (χ1n) is 4.78. The van der Waals surface area contributed by atoms with Crippen LogP contribution in [0, 0.1) is 10.8 Å². The van der Waals surface area contributed by atoms with Crippen molar-refractivity contribution in [3.8, 4) is 0 Å². The van der Waals surface area contributed by atoms with E-state index in [4.69, 9.17) is 23.1 Å². The lowest BCUT2D eigenvalue weighted by atomic mass is 9.73. The minimum absolute atomic E-state index is 0.0689. The number of alkyl halides is 1. The molecular weight excluding hydrogens is 184 g/mol. The molecule has 0 aliphatic rings. The topological polar surface area (TPSA) is 52.0 Å². The molecule has 0 saturated heterocycles. The summed E-state index contributed by atoms with van der Waals surface area (Å²) in [6, 6.07) is 0. The summed E-state index contributed by atoms with van der Waals surface area (Å²) in [6.45, 7) is 9.42. The highest BCUT2D eigenvalue weighted by Crippen LogP contribution is 2.36. The van der Waals surface area contributed by atoms with Crippen molar-refractivity contribution in [1.29, 1.82) is 0 Å². The number of nitrogens with two attached hydrogens (primary N) is 2. The van der Waals surface area contributed by atoms with Crippen LogP contribution in [0.4, 0.5) is 0 Å². The zero-order valence-corrected chi connectivity index (χ0v) is 9.99. The molecule has 4 N–H and O–H groups in total. The molecular formula is C10H23ClN2. The molecule has 0 bridgehead atoms.